The predicted octanol–water partition coefficient (Wildman–Crippen LogP) is 4.63. The molecule has 2 saturated carbocycles. The largest absolute Gasteiger partial charge is 0.462 e. The van der Waals surface area contributed by atoms with Crippen molar-refractivity contribution in [3.05, 3.63) is 12.2 Å². The highest BCUT2D eigenvalue weighted by Crippen LogP contribution is 2.32. The first kappa shape index (κ1) is 14.6. The highest BCUT2D eigenvalue weighted by Gasteiger charge is 2.28. The lowest BCUT2D eigenvalue weighted by Crippen LogP contribution is -2.29. The number of carbonyl (C=O) groups is 1. The molecule has 0 unspecified atom stereocenters. The summed E-state index contributed by atoms with van der Waals surface area (Å²) in [7, 11) is 0. The van der Waals surface area contributed by atoms with Crippen molar-refractivity contribution in [1.82, 2.24) is 0 Å². The molecule has 108 valence electrons. The summed E-state index contributed by atoms with van der Waals surface area (Å²) in [6.07, 6.45) is 11.6. The summed E-state index contributed by atoms with van der Waals surface area (Å²) in [6.45, 7) is 6.10. The monoisotopic (exact) mass is 264 g/mol. The molecule has 2 rings (SSSR count). The molecule has 0 bridgehead atoms. The highest BCUT2D eigenvalue weighted by atomic mass is 16.5. The first-order chi connectivity index (χ1) is 9.15. The minimum absolute atomic E-state index is 0.0862. The van der Waals surface area contributed by atoms with Crippen LogP contribution >= 0.6 is 0 Å². The van der Waals surface area contributed by atoms with Gasteiger partial charge in [-0.15, -0.1) is 6.58 Å². The number of carbonyl (C=O) groups excluding carboxylic acids is 1. The van der Waals surface area contributed by atoms with Crippen LogP contribution in [0.5, 0.6) is 0 Å². The van der Waals surface area contributed by atoms with Crippen molar-refractivity contribution in [1.29, 1.82) is 0 Å². The van der Waals surface area contributed by atoms with Crippen molar-refractivity contribution >= 4 is 5.97 Å². The van der Waals surface area contributed by atoms with Crippen LogP contribution in [0.2, 0.25) is 0 Å². The Morgan fingerprint density at radius 3 is 2.26 bits per heavy atom. The summed E-state index contributed by atoms with van der Waals surface area (Å²) in [5.74, 6) is 1.05. The number of allylic oxidation sites excluding steroid dienone is 1. The van der Waals surface area contributed by atoms with Gasteiger partial charge in [-0.3, -0.25) is 4.79 Å². The Morgan fingerprint density at radius 2 is 1.68 bits per heavy atom. The standard InChI is InChI=1S/C17H28O2/c1-13(2)12-14-8-10-16(11-9-14)19-17(18)15-6-4-3-5-7-15/h14-16H,1,3-12H2,2H3. The maximum Gasteiger partial charge on any atom is 0.309 e. The van der Waals surface area contributed by atoms with Crippen LogP contribution in [0.4, 0.5) is 0 Å². The van der Waals surface area contributed by atoms with E-state index >= 15 is 0 Å². The van der Waals surface area contributed by atoms with E-state index in [2.05, 4.69) is 13.5 Å². The second kappa shape index (κ2) is 7.12. The highest BCUT2D eigenvalue weighted by molar-refractivity contribution is 5.72. The Balaban J connectivity index is 1.69. The van der Waals surface area contributed by atoms with E-state index in [1.54, 1.807) is 0 Å². The second-order valence-electron chi connectivity index (χ2n) is 6.58. The van der Waals surface area contributed by atoms with E-state index in [4.69, 9.17) is 4.74 Å². The third kappa shape index (κ3) is 4.67. The number of hydrogen-bond donors (Lipinski definition) is 0. The molecule has 0 amide bonds. The van der Waals surface area contributed by atoms with Crippen molar-refractivity contribution in [3.8, 4) is 0 Å². The molecular weight excluding hydrogens is 236 g/mol. The molecule has 0 aromatic heterocycles. The van der Waals surface area contributed by atoms with Gasteiger partial charge in [0.05, 0.1) is 5.92 Å². The Kier molecular flexibility index (Phi) is 5.47. The topological polar surface area (TPSA) is 26.3 Å². The number of ether oxygens (including phenoxy) is 1. The summed E-state index contributed by atoms with van der Waals surface area (Å²) < 4.78 is 5.72. The smallest absolute Gasteiger partial charge is 0.309 e. The molecule has 2 aliphatic carbocycles. The lowest BCUT2D eigenvalue weighted by atomic mass is 9.83. The van der Waals surface area contributed by atoms with Gasteiger partial charge in [-0.1, -0.05) is 24.8 Å². The van der Waals surface area contributed by atoms with Crippen molar-refractivity contribution in [2.24, 2.45) is 11.8 Å². The minimum Gasteiger partial charge on any atom is -0.462 e. The summed E-state index contributed by atoms with van der Waals surface area (Å²) >= 11 is 0. The van der Waals surface area contributed by atoms with Crippen LogP contribution in [-0.2, 0) is 9.53 Å². The first-order valence-corrected chi connectivity index (χ1v) is 8.00. The fourth-order valence-corrected chi connectivity index (χ4v) is 3.55. The van der Waals surface area contributed by atoms with Crippen molar-refractivity contribution < 1.29 is 9.53 Å². The van der Waals surface area contributed by atoms with Gasteiger partial charge >= 0.3 is 5.97 Å². The predicted molar refractivity (Wildman–Crippen MR) is 77.8 cm³/mol. The summed E-state index contributed by atoms with van der Waals surface area (Å²) in [6, 6.07) is 0. The van der Waals surface area contributed by atoms with Crippen LogP contribution in [0, 0.1) is 11.8 Å². The average Bonchev–Trinajstić information content (AvgIpc) is 2.41. The van der Waals surface area contributed by atoms with Gasteiger partial charge < -0.3 is 4.74 Å². The molecule has 0 N–H and O–H groups in total. The van der Waals surface area contributed by atoms with E-state index < -0.39 is 0 Å². The van der Waals surface area contributed by atoms with Crippen LogP contribution in [0.1, 0.15) is 71.1 Å². The molecular formula is C17H28O2. The molecule has 0 aliphatic heterocycles. The zero-order chi connectivity index (χ0) is 13.7. The van der Waals surface area contributed by atoms with Crippen molar-refractivity contribution in [2.75, 3.05) is 0 Å². The zero-order valence-electron chi connectivity index (χ0n) is 12.3. The third-order valence-corrected chi connectivity index (χ3v) is 4.65. The fraction of sp³-hybridized carbons (Fsp3) is 0.824. The van der Waals surface area contributed by atoms with Gasteiger partial charge in [0.15, 0.2) is 0 Å². The van der Waals surface area contributed by atoms with E-state index in [1.807, 2.05) is 0 Å². The molecule has 2 fully saturated rings. The maximum absolute atomic E-state index is 12.1. The molecule has 0 aromatic rings. The Labute approximate surface area is 117 Å². The molecule has 2 heteroatoms. The minimum atomic E-state index is 0.0862. The van der Waals surface area contributed by atoms with E-state index in [0.717, 1.165) is 38.0 Å². The number of hydrogen-bond acceptors (Lipinski definition) is 2. The third-order valence-electron chi connectivity index (χ3n) is 4.65. The SMILES string of the molecule is C=C(C)CC1CCC(OC(=O)C2CCCCC2)CC1. The molecule has 0 saturated heterocycles. The van der Waals surface area contributed by atoms with Gasteiger partial charge in [-0.2, -0.15) is 0 Å². The molecule has 2 nitrogen and oxygen atoms in total. The van der Waals surface area contributed by atoms with Crippen molar-refractivity contribution in [3.63, 3.8) is 0 Å². The van der Waals surface area contributed by atoms with Gasteiger partial charge in [0.2, 0.25) is 0 Å². The number of rotatable bonds is 4. The summed E-state index contributed by atoms with van der Waals surface area (Å²) in [5, 5.41) is 0. The fourth-order valence-electron chi connectivity index (χ4n) is 3.55. The second-order valence-corrected chi connectivity index (χ2v) is 6.58. The molecule has 19 heavy (non-hydrogen) atoms. The molecule has 0 aromatic carbocycles. The quantitative estimate of drug-likeness (QED) is 0.546. The molecule has 0 atom stereocenters. The Morgan fingerprint density at radius 1 is 1.05 bits per heavy atom. The van der Waals surface area contributed by atoms with Gasteiger partial charge in [-0.25, -0.2) is 0 Å². The molecule has 0 radical (unpaired) electrons. The van der Waals surface area contributed by atoms with E-state index in [-0.39, 0.29) is 18.0 Å². The molecule has 0 spiro atoms. The van der Waals surface area contributed by atoms with Crippen LogP contribution < -0.4 is 0 Å². The van der Waals surface area contributed by atoms with Gasteiger partial charge in [0.25, 0.3) is 0 Å². The van der Waals surface area contributed by atoms with Crippen LogP contribution in [0.15, 0.2) is 12.2 Å². The van der Waals surface area contributed by atoms with Gasteiger partial charge in [0.1, 0.15) is 6.10 Å². The molecule has 0 heterocycles. The van der Waals surface area contributed by atoms with E-state index in [0.29, 0.717) is 0 Å². The summed E-state index contributed by atoms with van der Waals surface area (Å²) in [5.41, 5.74) is 1.28. The van der Waals surface area contributed by atoms with Crippen LogP contribution in [0.25, 0.3) is 0 Å². The maximum atomic E-state index is 12.1. The van der Waals surface area contributed by atoms with Crippen molar-refractivity contribution in [2.45, 2.75) is 77.2 Å². The summed E-state index contributed by atoms with van der Waals surface area (Å²) in [4.78, 5) is 12.1. The average molecular weight is 264 g/mol. The van der Waals surface area contributed by atoms with Gasteiger partial charge in [-0.05, 0) is 57.8 Å². The van der Waals surface area contributed by atoms with Crippen LogP contribution in [-0.4, -0.2) is 12.1 Å². The zero-order valence-corrected chi connectivity index (χ0v) is 12.3. The normalized spacial score (nSPS) is 28.9. The van der Waals surface area contributed by atoms with Gasteiger partial charge in [0, 0.05) is 0 Å². The first-order valence-electron chi connectivity index (χ1n) is 8.00. The Bertz CT molecular complexity index is 307. The van der Waals surface area contributed by atoms with E-state index in [1.165, 1.54) is 37.7 Å². The number of esters is 1. The lowest BCUT2D eigenvalue weighted by Gasteiger charge is -2.30. The van der Waals surface area contributed by atoms with Crippen LogP contribution in [0.3, 0.4) is 0 Å². The van der Waals surface area contributed by atoms with E-state index in [9.17, 15) is 4.79 Å². The molecule has 2 aliphatic rings. The lowest BCUT2D eigenvalue weighted by molar-refractivity contribution is -0.157. The Hall–Kier alpha value is -0.790.